The first kappa shape index (κ1) is 14.4. The van der Waals surface area contributed by atoms with E-state index in [4.69, 9.17) is 5.11 Å². The van der Waals surface area contributed by atoms with Crippen molar-refractivity contribution in [2.75, 3.05) is 25.6 Å². The molecule has 100 valence electrons. The van der Waals surface area contributed by atoms with Gasteiger partial charge in [-0.05, 0) is 12.8 Å². The maximum absolute atomic E-state index is 11.1. The molecule has 1 aromatic heterocycles. The first-order valence-electron chi connectivity index (χ1n) is 6.03. The Hall–Kier alpha value is -1.69. The van der Waals surface area contributed by atoms with Crippen LogP contribution in [0.3, 0.4) is 0 Å². The lowest BCUT2D eigenvalue weighted by Crippen LogP contribution is -2.08. The average Bonchev–Trinajstić information content (AvgIpc) is 2.42. The minimum absolute atomic E-state index is 0.200. The van der Waals surface area contributed by atoms with Crippen LogP contribution in [0.4, 0.5) is 5.82 Å². The van der Waals surface area contributed by atoms with Gasteiger partial charge in [-0.2, -0.15) is 0 Å². The highest BCUT2D eigenvalue weighted by atomic mass is 16.5. The number of aliphatic hydroxyl groups excluding tert-OH is 1. The van der Waals surface area contributed by atoms with Crippen LogP contribution in [0.2, 0.25) is 0 Å². The number of carbonyl (C=O) groups is 1. The number of carbonyl (C=O) groups excluding carboxylic acids is 1. The summed E-state index contributed by atoms with van der Waals surface area (Å²) in [6, 6.07) is 0. The van der Waals surface area contributed by atoms with Gasteiger partial charge in [0.25, 0.3) is 0 Å². The summed E-state index contributed by atoms with van der Waals surface area (Å²) in [6.45, 7) is 1.06. The Morgan fingerprint density at radius 1 is 1.28 bits per heavy atom. The summed E-state index contributed by atoms with van der Waals surface area (Å²) in [5.74, 6) is 0.155. The Labute approximate surface area is 106 Å². The second-order valence-corrected chi connectivity index (χ2v) is 3.84. The fourth-order valence-corrected chi connectivity index (χ4v) is 1.44. The van der Waals surface area contributed by atoms with Crippen molar-refractivity contribution in [1.29, 1.82) is 0 Å². The smallest absolute Gasteiger partial charge is 0.358 e. The van der Waals surface area contributed by atoms with Gasteiger partial charge in [-0.25, -0.2) is 14.8 Å². The summed E-state index contributed by atoms with van der Waals surface area (Å²) >= 11 is 0. The second kappa shape index (κ2) is 8.41. The molecule has 0 aliphatic heterocycles. The molecule has 0 aliphatic rings. The van der Waals surface area contributed by atoms with Crippen LogP contribution in [-0.2, 0) is 4.74 Å². The third-order valence-corrected chi connectivity index (χ3v) is 2.44. The maximum atomic E-state index is 11.1. The Balaban J connectivity index is 2.25. The number of anilines is 1. The van der Waals surface area contributed by atoms with Crippen molar-refractivity contribution >= 4 is 11.8 Å². The molecular formula is C12H19N3O3. The quantitative estimate of drug-likeness (QED) is 0.535. The van der Waals surface area contributed by atoms with E-state index in [1.54, 1.807) is 0 Å². The van der Waals surface area contributed by atoms with Crippen LogP contribution in [0.1, 0.15) is 36.2 Å². The normalized spacial score (nSPS) is 10.1. The van der Waals surface area contributed by atoms with Gasteiger partial charge in [0.1, 0.15) is 5.82 Å². The van der Waals surface area contributed by atoms with E-state index >= 15 is 0 Å². The molecule has 0 fully saturated rings. The fraction of sp³-hybridized carbons (Fsp3) is 0.583. The van der Waals surface area contributed by atoms with Crippen LogP contribution in [0.5, 0.6) is 0 Å². The van der Waals surface area contributed by atoms with Crippen LogP contribution in [0.25, 0.3) is 0 Å². The standard InChI is InChI=1S/C12H19N3O3/c1-18-12(17)10-8-15-11(9-14-10)13-6-4-2-3-5-7-16/h8-9,16H,2-7H2,1H3,(H,13,15). The molecule has 1 heterocycles. The predicted octanol–water partition coefficient (Wildman–Crippen LogP) is 1.23. The first-order chi connectivity index (χ1) is 8.77. The molecule has 0 bridgehead atoms. The molecule has 1 rings (SSSR count). The number of unbranched alkanes of at least 4 members (excludes halogenated alkanes) is 3. The molecule has 6 heteroatoms. The number of esters is 1. The van der Waals surface area contributed by atoms with E-state index in [-0.39, 0.29) is 12.3 Å². The lowest BCUT2D eigenvalue weighted by molar-refractivity contribution is 0.0593. The topological polar surface area (TPSA) is 84.3 Å². The summed E-state index contributed by atoms with van der Waals surface area (Å²) in [6.07, 6.45) is 6.88. The van der Waals surface area contributed by atoms with E-state index in [0.717, 1.165) is 32.2 Å². The second-order valence-electron chi connectivity index (χ2n) is 3.84. The van der Waals surface area contributed by atoms with E-state index < -0.39 is 5.97 Å². The molecule has 0 spiro atoms. The molecule has 0 atom stereocenters. The molecule has 1 aromatic rings. The van der Waals surface area contributed by atoms with Crippen LogP contribution in [0, 0.1) is 0 Å². The largest absolute Gasteiger partial charge is 0.464 e. The summed E-state index contributed by atoms with van der Waals surface area (Å²) in [5, 5.41) is 11.7. The molecule has 0 aliphatic carbocycles. The zero-order valence-electron chi connectivity index (χ0n) is 10.6. The number of rotatable bonds is 8. The van der Waals surface area contributed by atoms with E-state index in [0.29, 0.717) is 5.82 Å². The van der Waals surface area contributed by atoms with Crippen LogP contribution >= 0.6 is 0 Å². The van der Waals surface area contributed by atoms with Gasteiger partial charge < -0.3 is 15.2 Å². The first-order valence-corrected chi connectivity index (χ1v) is 6.03. The molecule has 0 aromatic carbocycles. The Morgan fingerprint density at radius 3 is 2.67 bits per heavy atom. The molecule has 0 radical (unpaired) electrons. The molecule has 6 nitrogen and oxygen atoms in total. The number of methoxy groups -OCH3 is 1. The van der Waals surface area contributed by atoms with Gasteiger partial charge in [0.05, 0.1) is 19.5 Å². The monoisotopic (exact) mass is 253 g/mol. The van der Waals surface area contributed by atoms with E-state index in [9.17, 15) is 4.79 Å². The molecule has 0 unspecified atom stereocenters. The van der Waals surface area contributed by atoms with Crippen molar-refractivity contribution in [3.63, 3.8) is 0 Å². The number of nitrogens with one attached hydrogen (secondary N) is 1. The average molecular weight is 253 g/mol. The summed E-state index contributed by atoms with van der Waals surface area (Å²) in [5.41, 5.74) is 0.200. The van der Waals surface area contributed by atoms with Gasteiger partial charge in [-0.15, -0.1) is 0 Å². The number of aliphatic hydroxyl groups is 1. The van der Waals surface area contributed by atoms with Gasteiger partial charge in [-0.1, -0.05) is 12.8 Å². The van der Waals surface area contributed by atoms with Crippen LogP contribution in [-0.4, -0.2) is 41.3 Å². The number of hydrogen-bond acceptors (Lipinski definition) is 6. The molecule has 18 heavy (non-hydrogen) atoms. The molecule has 2 N–H and O–H groups in total. The third-order valence-electron chi connectivity index (χ3n) is 2.44. The van der Waals surface area contributed by atoms with Gasteiger partial charge in [0.2, 0.25) is 0 Å². The number of ether oxygens (including phenoxy) is 1. The predicted molar refractivity (Wildman–Crippen MR) is 67.4 cm³/mol. The summed E-state index contributed by atoms with van der Waals surface area (Å²) < 4.78 is 4.53. The van der Waals surface area contributed by atoms with Crippen molar-refractivity contribution in [2.45, 2.75) is 25.7 Å². The Bertz CT molecular complexity index is 354. The van der Waals surface area contributed by atoms with Crippen molar-refractivity contribution in [2.24, 2.45) is 0 Å². The number of aromatic nitrogens is 2. The zero-order valence-corrected chi connectivity index (χ0v) is 10.6. The van der Waals surface area contributed by atoms with Crippen LogP contribution in [0.15, 0.2) is 12.4 Å². The fourth-order valence-electron chi connectivity index (χ4n) is 1.44. The van der Waals surface area contributed by atoms with Crippen molar-refractivity contribution < 1.29 is 14.6 Å². The maximum Gasteiger partial charge on any atom is 0.358 e. The SMILES string of the molecule is COC(=O)c1cnc(NCCCCCCO)cn1. The lowest BCUT2D eigenvalue weighted by Gasteiger charge is -2.05. The van der Waals surface area contributed by atoms with Crippen molar-refractivity contribution in [1.82, 2.24) is 9.97 Å². The highest BCUT2D eigenvalue weighted by Crippen LogP contribution is 2.04. The van der Waals surface area contributed by atoms with Gasteiger partial charge in [-0.3, -0.25) is 0 Å². The Morgan fingerprint density at radius 2 is 2.06 bits per heavy atom. The molecule has 0 amide bonds. The van der Waals surface area contributed by atoms with Crippen molar-refractivity contribution in [3.05, 3.63) is 18.1 Å². The zero-order chi connectivity index (χ0) is 13.2. The number of hydrogen-bond donors (Lipinski definition) is 2. The number of nitrogens with zero attached hydrogens (tertiary/aromatic N) is 2. The molecular weight excluding hydrogens is 234 g/mol. The van der Waals surface area contributed by atoms with Gasteiger partial charge >= 0.3 is 5.97 Å². The minimum atomic E-state index is -0.488. The van der Waals surface area contributed by atoms with E-state index in [2.05, 4.69) is 20.0 Å². The van der Waals surface area contributed by atoms with E-state index in [1.165, 1.54) is 19.5 Å². The summed E-state index contributed by atoms with van der Waals surface area (Å²) in [7, 11) is 1.31. The van der Waals surface area contributed by atoms with Crippen molar-refractivity contribution in [3.8, 4) is 0 Å². The lowest BCUT2D eigenvalue weighted by atomic mass is 10.2. The van der Waals surface area contributed by atoms with E-state index in [1.807, 2.05) is 0 Å². The highest BCUT2D eigenvalue weighted by Gasteiger charge is 2.06. The van der Waals surface area contributed by atoms with Gasteiger partial charge in [0, 0.05) is 13.2 Å². The molecule has 0 saturated carbocycles. The molecule has 0 saturated heterocycles. The van der Waals surface area contributed by atoms with Crippen LogP contribution < -0.4 is 5.32 Å². The Kier molecular flexibility index (Phi) is 6.71. The summed E-state index contributed by atoms with van der Waals surface area (Å²) in [4.78, 5) is 19.1. The third kappa shape index (κ3) is 5.09. The van der Waals surface area contributed by atoms with Gasteiger partial charge in [0.15, 0.2) is 5.69 Å². The minimum Gasteiger partial charge on any atom is -0.464 e. The highest BCUT2D eigenvalue weighted by molar-refractivity contribution is 5.86.